The van der Waals surface area contributed by atoms with Crippen molar-refractivity contribution in [3.63, 3.8) is 0 Å². The molecule has 0 heterocycles. The molecule has 0 bridgehead atoms. The van der Waals surface area contributed by atoms with Gasteiger partial charge in [0.1, 0.15) is 5.75 Å². The van der Waals surface area contributed by atoms with E-state index >= 15 is 0 Å². The van der Waals surface area contributed by atoms with Crippen LogP contribution in [0.15, 0.2) is 36.9 Å². The third-order valence-electron chi connectivity index (χ3n) is 4.01. The zero-order valence-electron chi connectivity index (χ0n) is 15.0. The summed E-state index contributed by atoms with van der Waals surface area (Å²) in [4.78, 5) is 0. The number of hydrogen-bond donors (Lipinski definition) is 1. The highest BCUT2D eigenvalue weighted by atomic mass is 32.3. The second kappa shape index (κ2) is 12.1. The van der Waals surface area contributed by atoms with E-state index < -0.39 is 10.4 Å². The highest BCUT2D eigenvalue weighted by Crippen LogP contribution is 2.31. The van der Waals surface area contributed by atoms with Gasteiger partial charge in [0, 0.05) is 11.5 Å². The van der Waals surface area contributed by atoms with Crippen LogP contribution in [0, 0.1) is 0 Å². The fourth-order valence-electron chi connectivity index (χ4n) is 2.80. The fourth-order valence-corrected chi connectivity index (χ4v) is 3.18. The monoisotopic (exact) mass is 370 g/mol. The molecule has 1 aromatic rings. The molecule has 0 aromatic heterocycles. The third kappa shape index (κ3) is 9.63. The normalized spacial score (nSPS) is 12.7. The van der Waals surface area contributed by atoms with E-state index in [1.54, 1.807) is 18.2 Å². The Balaban J connectivity index is 2.75. The van der Waals surface area contributed by atoms with Crippen molar-refractivity contribution < 1.29 is 21.9 Å². The molecule has 1 atom stereocenters. The lowest BCUT2D eigenvalue weighted by atomic mass is 9.93. The molecule has 1 rings (SSSR count). The van der Waals surface area contributed by atoms with Gasteiger partial charge in [0.15, 0.2) is 0 Å². The first kappa shape index (κ1) is 21.7. The second-order valence-corrected chi connectivity index (χ2v) is 7.15. The van der Waals surface area contributed by atoms with E-state index in [0.717, 1.165) is 24.8 Å². The molecule has 0 radical (unpaired) electrons. The smallest absolute Gasteiger partial charge is 0.377 e. The van der Waals surface area contributed by atoms with Crippen molar-refractivity contribution in [1.29, 1.82) is 0 Å². The van der Waals surface area contributed by atoms with Crippen LogP contribution in [-0.2, 0) is 15.1 Å². The van der Waals surface area contributed by atoms with Crippen molar-refractivity contribution in [3.8, 4) is 5.75 Å². The molecule has 0 saturated carbocycles. The van der Waals surface area contributed by atoms with E-state index in [1.165, 1.54) is 25.7 Å². The SMILES string of the molecule is C=CCOCC(CCCCCCCC)c1ccccc1OS(=O)(=O)O. The summed E-state index contributed by atoms with van der Waals surface area (Å²) < 4.78 is 41.5. The van der Waals surface area contributed by atoms with Gasteiger partial charge >= 0.3 is 10.4 Å². The second-order valence-electron chi connectivity index (χ2n) is 6.13. The Labute approximate surface area is 152 Å². The Morgan fingerprint density at radius 2 is 1.84 bits per heavy atom. The molecule has 0 amide bonds. The minimum Gasteiger partial charge on any atom is -0.377 e. The van der Waals surface area contributed by atoms with Gasteiger partial charge in [-0.05, 0) is 12.5 Å². The Morgan fingerprint density at radius 1 is 1.16 bits per heavy atom. The summed E-state index contributed by atoms with van der Waals surface area (Å²) in [5.41, 5.74) is 0.734. The van der Waals surface area contributed by atoms with Crippen LogP contribution < -0.4 is 4.18 Å². The fraction of sp³-hybridized carbons (Fsp3) is 0.579. The van der Waals surface area contributed by atoms with Crippen LogP contribution in [-0.4, -0.2) is 26.2 Å². The number of ether oxygens (including phenoxy) is 1. The Hall–Kier alpha value is -1.37. The van der Waals surface area contributed by atoms with Crippen LogP contribution in [0.25, 0.3) is 0 Å². The van der Waals surface area contributed by atoms with E-state index in [2.05, 4.69) is 13.5 Å². The summed E-state index contributed by atoms with van der Waals surface area (Å²) in [5, 5.41) is 0. The maximum Gasteiger partial charge on any atom is 0.446 e. The maximum absolute atomic E-state index is 11.1. The molecule has 5 nitrogen and oxygen atoms in total. The van der Waals surface area contributed by atoms with Gasteiger partial charge in [0.2, 0.25) is 0 Å². The van der Waals surface area contributed by atoms with Crippen LogP contribution in [0.3, 0.4) is 0 Å². The lowest BCUT2D eigenvalue weighted by molar-refractivity contribution is 0.141. The maximum atomic E-state index is 11.1. The summed E-state index contributed by atoms with van der Waals surface area (Å²) in [7, 11) is -4.55. The topological polar surface area (TPSA) is 72.8 Å². The molecule has 142 valence electrons. The highest BCUT2D eigenvalue weighted by Gasteiger charge is 2.19. The predicted octanol–water partition coefficient (Wildman–Crippen LogP) is 4.91. The van der Waals surface area contributed by atoms with E-state index in [0.29, 0.717) is 13.2 Å². The van der Waals surface area contributed by atoms with Crippen molar-refractivity contribution in [2.24, 2.45) is 0 Å². The Kier molecular flexibility index (Phi) is 10.5. The summed E-state index contributed by atoms with van der Waals surface area (Å²) in [6.45, 7) is 6.72. The van der Waals surface area contributed by atoms with E-state index in [4.69, 9.17) is 13.5 Å². The van der Waals surface area contributed by atoms with Gasteiger partial charge in [-0.3, -0.25) is 4.55 Å². The van der Waals surface area contributed by atoms with Gasteiger partial charge in [-0.15, -0.1) is 6.58 Å². The molecular formula is C19H30O5S. The molecule has 0 aliphatic rings. The highest BCUT2D eigenvalue weighted by molar-refractivity contribution is 7.81. The molecule has 1 unspecified atom stereocenters. The molecular weight excluding hydrogens is 340 g/mol. The summed E-state index contributed by atoms with van der Waals surface area (Å²) in [6.07, 6.45) is 9.66. The molecule has 1 N–H and O–H groups in total. The van der Waals surface area contributed by atoms with Crippen molar-refractivity contribution in [1.82, 2.24) is 0 Å². The predicted molar refractivity (Wildman–Crippen MR) is 100 cm³/mol. The van der Waals surface area contributed by atoms with Gasteiger partial charge < -0.3 is 8.92 Å². The summed E-state index contributed by atoms with van der Waals surface area (Å²) in [5.74, 6) is 0.160. The van der Waals surface area contributed by atoms with Crippen LogP contribution in [0.2, 0.25) is 0 Å². The molecule has 1 aromatic carbocycles. The quantitative estimate of drug-likeness (QED) is 0.286. The van der Waals surface area contributed by atoms with Crippen LogP contribution in [0.4, 0.5) is 0 Å². The first-order valence-electron chi connectivity index (χ1n) is 8.92. The standard InChI is InChI=1S/C19H30O5S/c1-3-5-6-7-8-9-12-17(16-23-15-4-2)18-13-10-11-14-19(18)24-25(20,21)22/h4,10-11,13-14,17H,2-3,5-9,12,15-16H2,1H3,(H,20,21,22). The number of hydrogen-bond acceptors (Lipinski definition) is 4. The van der Waals surface area contributed by atoms with Gasteiger partial charge in [-0.25, -0.2) is 0 Å². The Bertz CT molecular complexity index is 598. The average molecular weight is 371 g/mol. The molecule has 0 aliphatic carbocycles. The molecule has 0 spiro atoms. The molecule has 6 heteroatoms. The number of benzene rings is 1. The Morgan fingerprint density at radius 3 is 2.52 bits per heavy atom. The first-order chi connectivity index (χ1) is 12.0. The van der Waals surface area contributed by atoms with Crippen molar-refractivity contribution in [2.75, 3.05) is 13.2 Å². The number of rotatable bonds is 14. The zero-order chi connectivity index (χ0) is 18.5. The van der Waals surface area contributed by atoms with E-state index in [9.17, 15) is 8.42 Å². The zero-order valence-corrected chi connectivity index (χ0v) is 15.8. The minimum atomic E-state index is -4.55. The summed E-state index contributed by atoms with van der Waals surface area (Å²) >= 11 is 0. The van der Waals surface area contributed by atoms with E-state index in [-0.39, 0.29) is 11.7 Å². The van der Waals surface area contributed by atoms with Crippen LogP contribution >= 0.6 is 0 Å². The largest absolute Gasteiger partial charge is 0.446 e. The van der Waals surface area contributed by atoms with Gasteiger partial charge in [-0.2, -0.15) is 8.42 Å². The van der Waals surface area contributed by atoms with Gasteiger partial charge in [0.05, 0.1) is 13.2 Å². The van der Waals surface area contributed by atoms with Crippen LogP contribution in [0.5, 0.6) is 5.75 Å². The minimum absolute atomic E-state index is 0.00377. The number of para-hydroxylation sites is 1. The van der Waals surface area contributed by atoms with Gasteiger partial charge in [0.25, 0.3) is 0 Å². The lowest BCUT2D eigenvalue weighted by Gasteiger charge is -2.19. The molecule has 0 saturated heterocycles. The van der Waals surface area contributed by atoms with Gasteiger partial charge in [-0.1, -0.05) is 69.7 Å². The first-order valence-corrected chi connectivity index (χ1v) is 10.3. The van der Waals surface area contributed by atoms with Crippen LogP contribution in [0.1, 0.15) is 63.4 Å². The van der Waals surface area contributed by atoms with Crippen molar-refractivity contribution in [2.45, 2.75) is 57.8 Å². The molecule has 25 heavy (non-hydrogen) atoms. The third-order valence-corrected chi connectivity index (χ3v) is 4.40. The summed E-state index contributed by atoms with van der Waals surface area (Å²) in [6, 6.07) is 6.87. The van der Waals surface area contributed by atoms with Crippen molar-refractivity contribution in [3.05, 3.63) is 42.5 Å². The molecule has 0 aliphatic heterocycles. The number of unbranched alkanes of at least 4 members (excludes halogenated alkanes) is 5. The molecule has 0 fully saturated rings. The average Bonchev–Trinajstić information content (AvgIpc) is 2.56. The van der Waals surface area contributed by atoms with E-state index in [1.807, 2.05) is 12.1 Å². The van der Waals surface area contributed by atoms with Crippen molar-refractivity contribution >= 4 is 10.4 Å². The lowest BCUT2D eigenvalue weighted by Crippen LogP contribution is -2.13.